The number of hydrogen-bond donors (Lipinski definition) is 0. The van der Waals surface area contributed by atoms with Gasteiger partial charge in [-0.25, -0.2) is 18.6 Å². The number of ether oxygens (including phenoxy) is 1. The lowest BCUT2D eigenvalue weighted by atomic mass is 10.2. The highest BCUT2D eigenvalue weighted by Gasteiger charge is 2.25. The van der Waals surface area contributed by atoms with Crippen LogP contribution >= 0.6 is 0 Å². The van der Waals surface area contributed by atoms with E-state index < -0.39 is 17.6 Å². The number of hydrogen-bond acceptors (Lipinski definition) is 4. The Kier molecular flexibility index (Phi) is 3.13. The van der Waals surface area contributed by atoms with Crippen LogP contribution in [0.5, 0.6) is 0 Å². The smallest absolute Gasteiger partial charge is 0.363 e. The molecule has 0 N–H and O–H groups in total. The average molecular weight is 289 g/mol. The Balaban J connectivity index is 1.95. The van der Waals surface area contributed by atoms with Crippen LogP contribution in [0.2, 0.25) is 0 Å². The molecule has 0 aliphatic carbocycles. The van der Waals surface area contributed by atoms with E-state index in [1.54, 1.807) is 19.1 Å². The van der Waals surface area contributed by atoms with Gasteiger partial charge in [-0.15, -0.1) is 0 Å². The molecule has 2 heterocycles. The quantitative estimate of drug-likeness (QED) is 0.630. The Morgan fingerprint density at radius 3 is 2.62 bits per heavy atom. The van der Waals surface area contributed by atoms with Gasteiger partial charge in [0.25, 0.3) is 0 Å². The monoisotopic (exact) mass is 289 g/mol. The van der Waals surface area contributed by atoms with E-state index in [9.17, 15) is 13.6 Å². The highest BCUT2D eigenvalue weighted by molar-refractivity contribution is 6.12. The average Bonchev–Trinajstić information content (AvgIpc) is 3.00. The number of furan rings is 1. The van der Waals surface area contributed by atoms with Crippen LogP contribution in [0.1, 0.15) is 17.1 Å². The van der Waals surface area contributed by atoms with Crippen LogP contribution < -0.4 is 0 Å². The van der Waals surface area contributed by atoms with E-state index in [-0.39, 0.29) is 17.2 Å². The van der Waals surface area contributed by atoms with Crippen molar-refractivity contribution in [2.45, 2.75) is 6.92 Å². The van der Waals surface area contributed by atoms with Gasteiger partial charge in [-0.2, -0.15) is 0 Å². The minimum atomic E-state index is -1.04. The van der Waals surface area contributed by atoms with Gasteiger partial charge in [-0.1, -0.05) is 0 Å². The van der Waals surface area contributed by atoms with Gasteiger partial charge in [0.05, 0.1) is 0 Å². The van der Waals surface area contributed by atoms with Crippen LogP contribution in [0.3, 0.4) is 0 Å². The van der Waals surface area contributed by atoms with Crippen molar-refractivity contribution in [2.75, 3.05) is 0 Å². The van der Waals surface area contributed by atoms with Crippen molar-refractivity contribution < 1.29 is 22.7 Å². The summed E-state index contributed by atoms with van der Waals surface area (Å²) in [6, 6.07) is 6.57. The summed E-state index contributed by atoms with van der Waals surface area (Å²) in [6.45, 7) is 1.77. The second-order valence-corrected chi connectivity index (χ2v) is 4.41. The Morgan fingerprint density at radius 1 is 1.14 bits per heavy atom. The lowest BCUT2D eigenvalue weighted by molar-refractivity contribution is -0.129. The summed E-state index contributed by atoms with van der Waals surface area (Å²) < 4.78 is 36.3. The maximum atomic E-state index is 13.2. The van der Waals surface area contributed by atoms with E-state index in [0.29, 0.717) is 11.5 Å². The van der Waals surface area contributed by atoms with Crippen LogP contribution in [-0.4, -0.2) is 11.9 Å². The van der Waals surface area contributed by atoms with Gasteiger partial charge in [-0.05, 0) is 37.3 Å². The number of benzene rings is 1. The van der Waals surface area contributed by atoms with Crippen LogP contribution in [0.15, 0.2) is 45.4 Å². The Morgan fingerprint density at radius 2 is 1.95 bits per heavy atom. The zero-order valence-electron chi connectivity index (χ0n) is 10.9. The fourth-order valence-corrected chi connectivity index (χ4v) is 1.83. The van der Waals surface area contributed by atoms with Gasteiger partial charge in [0.15, 0.2) is 17.3 Å². The van der Waals surface area contributed by atoms with Crippen molar-refractivity contribution in [2.24, 2.45) is 4.99 Å². The molecular weight excluding hydrogens is 280 g/mol. The molecule has 1 aromatic carbocycles. The third-order valence-corrected chi connectivity index (χ3v) is 2.83. The summed E-state index contributed by atoms with van der Waals surface area (Å²) in [6.07, 6.45) is 1.42. The molecule has 0 spiro atoms. The number of halogens is 2. The molecule has 106 valence electrons. The zero-order valence-corrected chi connectivity index (χ0v) is 10.9. The highest BCUT2D eigenvalue weighted by atomic mass is 19.2. The minimum absolute atomic E-state index is 0.0316. The molecule has 6 heteroatoms. The van der Waals surface area contributed by atoms with E-state index in [1.807, 2.05) is 0 Å². The molecular formula is C15H9F2NO3. The number of aliphatic imine (C=N–C) groups is 1. The summed E-state index contributed by atoms with van der Waals surface area (Å²) in [5.74, 6) is -1.62. The standard InChI is InChI=1S/C15H9F2NO3/c1-8-2-4-10(20-8)7-13-15(19)21-14(18-13)9-3-5-11(16)12(17)6-9/h2-7H,1H3/b13-7+. The van der Waals surface area contributed by atoms with Crippen molar-refractivity contribution in [1.82, 2.24) is 0 Å². The molecule has 0 saturated carbocycles. The minimum Gasteiger partial charge on any atom is -0.462 e. The predicted molar refractivity (Wildman–Crippen MR) is 70.4 cm³/mol. The van der Waals surface area contributed by atoms with E-state index in [0.717, 1.165) is 12.1 Å². The van der Waals surface area contributed by atoms with Gasteiger partial charge < -0.3 is 9.15 Å². The van der Waals surface area contributed by atoms with Gasteiger partial charge in [-0.3, -0.25) is 0 Å². The first kappa shape index (κ1) is 13.2. The third kappa shape index (κ3) is 2.60. The van der Waals surface area contributed by atoms with Crippen molar-refractivity contribution in [1.29, 1.82) is 0 Å². The molecule has 3 rings (SSSR count). The third-order valence-electron chi connectivity index (χ3n) is 2.83. The Labute approximate surface area is 118 Å². The number of carbonyl (C=O) groups excluding carboxylic acids is 1. The number of carbonyl (C=O) groups is 1. The maximum Gasteiger partial charge on any atom is 0.363 e. The molecule has 0 unspecified atom stereocenters. The Bertz CT molecular complexity index is 790. The van der Waals surface area contributed by atoms with Crippen LogP contribution in [0, 0.1) is 18.6 Å². The fourth-order valence-electron chi connectivity index (χ4n) is 1.83. The SMILES string of the molecule is Cc1ccc(/C=C2/N=C(c3ccc(F)c(F)c3)OC2=O)o1. The molecule has 1 aromatic heterocycles. The molecule has 0 atom stereocenters. The number of aryl methyl sites for hydroxylation is 1. The zero-order chi connectivity index (χ0) is 15.0. The molecule has 4 nitrogen and oxygen atoms in total. The van der Waals surface area contributed by atoms with Crippen molar-refractivity contribution in [3.63, 3.8) is 0 Å². The molecule has 2 aromatic rings. The number of rotatable bonds is 2. The summed E-state index contributed by atoms with van der Waals surface area (Å²) in [7, 11) is 0. The molecule has 21 heavy (non-hydrogen) atoms. The second kappa shape index (κ2) is 4.97. The first-order valence-electron chi connectivity index (χ1n) is 6.07. The molecule has 1 aliphatic heterocycles. The van der Waals surface area contributed by atoms with Gasteiger partial charge >= 0.3 is 5.97 Å². The van der Waals surface area contributed by atoms with Crippen LogP contribution in [-0.2, 0) is 9.53 Å². The van der Waals surface area contributed by atoms with Crippen molar-refractivity contribution in [3.05, 3.63) is 64.7 Å². The summed E-state index contributed by atoms with van der Waals surface area (Å²) >= 11 is 0. The largest absolute Gasteiger partial charge is 0.462 e. The van der Waals surface area contributed by atoms with Gasteiger partial charge in [0, 0.05) is 11.6 Å². The summed E-state index contributed by atoms with van der Waals surface area (Å²) in [5, 5.41) is 0. The van der Waals surface area contributed by atoms with E-state index in [4.69, 9.17) is 9.15 Å². The van der Waals surface area contributed by atoms with Gasteiger partial charge in [0.1, 0.15) is 11.5 Å². The van der Waals surface area contributed by atoms with Crippen LogP contribution in [0.4, 0.5) is 8.78 Å². The van der Waals surface area contributed by atoms with E-state index in [1.165, 1.54) is 12.1 Å². The molecule has 0 radical (unpaired) electrons. The van der Waals surface area contributed by atoms with Crippen molar-refractivity contribution in [3.8, 4) is 0 Å². The van der Waals surface area contributed by atoms with E-state index >= 15 is 0 Å². The molecule has 0 saturated heterocycles. The first-order valence-corrected chi connectivity index (χ1v) is 6.07. The molecule has 1 aliphatic rings. The Hall–Kier alpha value is -2.76. The lowest BCUT2D eigenvalue weighted by Gasteiger charge is -1.99. The number of esters is 1. The second-order valence-electron chi connectivity index (χ2n) is 4.41. The molecule has 0 fully saturated rings. The maximum absolute atomic E-state index is 13.2. The van der Waals surface area contributed by atoms with Crippen LogP contribution in [0.25, 0.3) is 6.08 Å². The fraction of sp³-hybridized carbons (Fsp3) is 0.0667. The first-order chi connectivity index (χ1) is 10.0. The topological polar surface area (TPSA) is 51.8 Å². The summed E-state index contributed by atoms with van der Waals surface area (Å²) in [5.41, 5.74) is 0.213. The van der Waals surface area contributed by atoms with Gasteiger partial charge in [0.2, 0.25) is 5.90 Å². The molecule has 0 bridgehead atoms. The summed E-state index contributed by atoms with van der Waals surface area (Å²) in [4.78, 5) is 15.7. The van der Waals surface area contributed by atoms with Crippen molar-refractivity contribution >= 4 is 17.9 Å². The molecule has 0 amide bonds. The normalized spacial score (nSPS) is 16.2. The number of cyclic esters (lactones) is 1. The van der Waals surface area contributed by atoms with E-state index in [2.05, 4.69) is 4.99 Å². The highest BCUT2D eigenvalue weighted by Crippen LogP contribution is 2.21. The predicted octanol–water partition coefficient (Wildman–Crippen LogP) is 3.21. The lowest BCUT2D eigenvalue weighted by Crippen LogP contribution is -2.06. The number of nitrogens with zero attached hydrogens (tertiary/aromatic N) is 1.